The summed E-state index contributed by atoms with van der Waals surface area (Å²) in [6.07, 6.45) is 7.27. The van der Waals surface area contributed by atoms with E-state index in [9.17, 15) is 0 Å². The fourth-order valence-corrected chi connectivity index (χ4v) is 4.17. The summed E-state index contributed by atoms with van der Waals surface area (Å²) in [5.41, 5.74) is 4.20. The highest BCUT2D eigenvalue weighted by molar-refractivity contribution is 6.32. The molecule has 1 saturated heterocycles. The van der Waals surface area contributed by atoms with E-state index in [1.165, 1.54) is 0 Å². The lowest BCUT2D eigenvalue weighted by Crippen LogP contribution is -2.39. The van der Waals surface area contributed by atoms with Crippen LogP contribution in [0.4, 0.5) is 23.3 Å². The van der Waals surface area contributed by atoms with Gasteiger partial charge in [-0.2, -0.15) is 10.2 Å². The van der Waals surface area contributed by atoms with Crippen LogP contribution in [-0.2, 0) is 0 Å². The van der Waals surface area contributed by atoms with Gasteiger partial charge >= 0.3 is 0 Å². The van der Waals surface area contributed by atoms with Gasteiger partial charge in [-0.1, -0.05) is 11.6 Å². The van der Waals surface area contributed by atoms with E-state index in [1.807, 2.05) is 48.8 Å². The van der Waals surface area contributed by atoms with E-state index in [2.05, 4.69) is 40.7 Å². The van der Waals surface area contributed by atoms with Gasteiger partial charge < -0.3 is 19.9 Å². The molecule has 4 aromatic heterocycles. The minimum atomic E-state index is 0.217. The van der Waals surface area contributed by atoms with Crippen molar-refractivity contribution >= 4 is 40.5 Å². The number of piperidine rings is 1. The molecule has 1 aliphatic heterocycles. The molecule has 0 saturated carbocycles. The van der Waals surface area contributed by atoms with Gasteiger partial charge in [-0.15, -0.1) is 10.2 Å². The van der Waals surface area contributed by atoms with Crippen molar-refractivity contribution in [2.45, 2.75) is 32.7 Å². The molecule has 34 heavy (non-hydrogen) atoms. The van der Waals surface area contributed by atoms with Gasteiger partial charge in [0.25, 0.3) is 0 Å². The van der Waals surface area contributed by atoms with Crippen molar-refractivity contribution < 1.29 is 0 Å². The lowest BCUT2D eigenvalue weighted by atomic mass is 10.1. The summed E-state index contributed by atoms with van der Waals surface area (Å²) in [5, 5.41) is 24.2. The number of halogens is 1. The molecule has 10 nitrogen and oxygen atoms in total. The first kappa shape index (κ1) is 21.9. The highest BCUT2D eigenvalue weighted by Gasteiger charge is 2.22. The molecule has 0 radical (unpaired) electrons. The molecule has 0 bridgehead atoms. The summed E-state index contributed by atoms with van der Waals surface area (Å²) in [6.45, 7) is 5.68. The van der Waals surface area contributed by atoms with E-state index in [0.717, 1.165) is 54.3 Å². The van der Waals surface area contributed by atoms with Crippen LogP contribution in [0.2, 0.25) is 5.02 Å². The summed E-state index contributed by atoms with van der Waals surface area (Å²) in [7, 11) is 0. The molecule has 11 heteroatoms. The Bertz CT molecular complexity index is 1370. The van der Waals surface area contributed by atoms with Crippen LogP contribution in [-0.4, -0.2) is 48.7 Å². The molecule has 0 spiro atoms. The number of hydrogen-bond acceptors (Lipinski definition) is 9. The van der Waals surface area contributed by atoms with Crippen molar-refractivity contribution in [3.05, 3.63) is 58.8 Å². The molecule has 0 unspecified atom stereocenters. The van der Waals surface area contributed by atoms with Gasteiger partial charge in [-0.3, -0.25) is 0 Å². The molecule has 5 heterocycles. The molecular weight excluding hydrogens is 452 g/mol. The number of hydrogen-bond donors (Lipinski definition) is 2. The van der Waals surface area contributed by atoms with Crippen LogP contribution in [0.5, 0.6) is 0 Å². The van der Waals surface area contributed by atoms with Crippen LogP contribution < -0.4 is 15.5 Å². The molecule has 0 amide bonds. The van der Waals surface area contributed by atoms with E-state index in [1.54, 1.807) is 12.3 Å². The Morgan fingerprint density at radius 1 is 1.12 bits per heavy atom. The Labute approximate surface area is 201 Å². The standard InChI is InChI=1S/C23H23ClN10/c1-14-13-34-15(2)11-26-21(34)9-19(14)29-23-27-12-18(24)22(30-23)28-16-5-7-33(8-6-16)20-4-3-17(10-25)31-32-20/h3-4,9,11-13,16H,5-8H2,1-2H3,(H2,27,28,29,30). The Morgan fingerprint density at radius 2 is 1.94 bits per heavy atom. The van der Waals surface area contributed by atoms with Crippen molar-refractivity contribution in [2.75, 3.05) is 28.6 Å². The predicted molar refractivity (Wildman–Crippen MR) is 131 cm³/mol. The van der Waals surface area contributed by atoms with Crippen LogP contribution in [0, 0.1) is 25.2 Å². The first-order valence-corrected chi connectivity index (χ1v) is 11.4. The molecule has 2 N–H and O–H groups in total. The predicted octanol–water partition coefficient (Wildman–Crippen LogP) is 3.88. The minimum absolute atomic E-state index is 0.217. The number of nitrogens with one attached hydrogen (secondary N) is 2. The lowest BCUT2D eigenvalue weighted by Gasteiger charge is -2.33. The number of aromatic nitrogens is 6. The Balaban J connectivity index is 1.26. The summed E-state index contributed by atoms with van der Waals surface area (Å²) < 4.78 is 2.05. The van der Waals surface area contributed by atoms with Crippen molar-refractivity contribution in [1.29, 1.82) is 5.26 Å². The quantitative estimate of drug-likeness (QED) is 0.443. The van der Waals surface area contributed by atoms with Gasteiger partial charge in [0, 0.05) is 49.0 Å². The van der Waals surface area contributed by atoms with Crippen molar-refractivity contribution in [3.8, 4) is 6.07 Å². The van der Waals surface area contributed by atoms with E-state index in [4.69, 9.17) is 16.9 Å². The summed E-state index contributed by atoms with van der Waals surface area (Å²) in [6, 6.07) is 7.72. The molecule has 0 aromatic carbocycles. The third-order valence-corrected chi connectivity index (χ3v) is 6.22. The topological polar surface area (TPSA) is 120 Å². The fourth-order valence-electron chi connectivity index (χ4n) is 4.03. The van der Waals surface area contributed by atoms with Crippen molar-refractivity contribution in [3.63, 3.8) is 0 Å². The highest BCUT2D eigenvalue weighted by Crippen LogP contribution is 2.27. The van der Waals surface area contributed by atoms with Gasteiger partial charge in [0.1, 0.15) is 16.7 Å². The maximum atomic E-state index is 8.89. The Morgan fingerprint density at radius 3 is 2.68 bits per heavy atom. The minimum Gasteiger partial charge on any atom is -0.366 e. The second kappa shape index (κ2) is 9.11. The SMILES string of the molecule is Cc1cn2c(C)cnc2cc1Nc1ncc(Cl)c(NC2CCN(c3ccc(C#N)nn3)CC2)n1. The molecule has 1 aliphatic rings. The maximum absolute atomic E-state index is 8.89. The van der Waals surface area contributed by atoms with E-state index in [0.29, 0.717) is 22.5 Å². The zero-order valence-corrected chi connectivity index (χ0v) is 19.6. The summed E-state index contributed by atoms with van der Waals surface area (Å²) in [5.74, 6) is 1.85. The van der Waals surface area contributed by atoms with Gasteiger partial charge in [-0.05, 0) is 44.4 Å². The first-order valence-electron chi connectivity index (χ1n) is 11.0. The monoisotopic (exact) mass is 474 g/mol. The molecular formula is C23H23ClN10. The second-order valence-corrected chi connectivity index (χ2v) is 8.71. The number of aryl methyl sites for hydroxylation is 2. The molecule has 1 fully saturated rings. The van der Waals surface area contributed by atoms with Crippen molar-refractivity contribution in [1.82, 2.24) is 29.5 Å². The normalized spacial score (nSPS) is 14.2. The molecule has 0 atom stereocenters. The number of fused-ring (bicyclic) bond motifs is 1. The number of pyridine rings is 1. The van der Waals surface area contributed by atoms with Gasteiger partial charge in [0.15, 0.2) is 17.3 Å². The number of anilines is 4. The number of nitriles is 1. The van der Waals surface area contributed by atoms with Crippen LogP contribution in [0.15, 0.2) is 36.8 Å². The first-order chi connectivity index (χ1) is 16.5. The maximum Gasteiger partial charge on any atom is 0.229 e. The second-order valence-electron chi connectivity index (χ2n) is 8.31. The smallest absolute Gasteiger partial charge is 0.229 e. The molecule has 5 rings (SSSR count). The molecule has 172 valence electrons. The van der Waals surface area contributed by atoms with Gasteiger partial charge in [0.05, 0.1) is 6.20 Å². The Hall–Kier alpha value is -3.97. The fraction of sp³-hybridized carbons (Fsp3) is 0.304. The average molecular weight is 475 g/mol. The van der Waals surface area contributed by atoms with Gasteiger partial charge in [-0.25, -0.2) is 9.97 Å². The third-order valence-electron chi connectivity index (χ3n) is 5.95. The van der Waals surface area contributed by atoms with E-state index < -0.39 is 0 Å². The van der Waals surface area contributed by atoms with Crippen LogP contribution in [0.25, 0.3) is 5.65 Å². The zero-order valence-electron chi connectivity index (χ0n) is 18.8. The van der Waals surface area contributed by atoms with Gasteiger partial charge in [0.2, 0.25) is 5.95 Å². The third kappa shape index (κ3) is 4.43. The number of imidazole rings is 1. The number of rotatable bonds is 5. The van der Waals surface area contributed by atoms with Crippen LogP contribution in [0.1, 0.15) is 29.8 Å². The summed E-state index contributed by atoms with van der Waals surface area (Å²) in [4.78, 5) is 15.6. The highest BCUT2D eigenvalue weighted by atomic mass is 35.5. The van der Waals surface area contributed by atoms with Crippen LogP contribution in [0.3, 0.4) is 0 Å². The van der Waals surface area contributed by atoms with E-state index in [-0.39, 0.29) is 6.04 Å². The molecule has 0 aliphatic carbocycles. The largest absolute Gasteiger partial charge is 0.366 e. The average Bonchev–Trinajstić information content (AvgIpc) is 3.21. The number of nitrogens with zero attached hydrogens (tertiary/aromatic N) is 8. The zero-order chi connectivity index (χ0) is 23.7. The summed E-state index contributed by atoms with van der Waals surface area (Å²) >= 11 is 6.40. The van der Waals surface area contributed by atoms with E-state index >= 15 is 0 Å². The van der Waals surface area contributed by atoms with Crippen molar-refractivity contribution in [2.24, 2.45) is 0 Å². The molecule has 4 aromatic rings. The lowest BCUT2D eigenvalue weighted by molar-refractivity contribution is 0.521. The Kier molecular flexibility index (Phi) is 5.86. The van der Waals surface area contributed by atoms with Crippen LogP contribution >= 0.6 is 11.6 Å².